The third-order valence-electron chi connectivity index (χ3n) is 4.57. The van der Waals surface area contributed by atoms with E-state index in [0.717, 1.165) is 16.3 Å². The maximum Gasteiger partial charge on any atom is 0.257 e. The van der Waals surface area contributed by atoms with Crippen LogP contribution < -0.4 is 10.2 Å². The van der Waals surface area contributed by atoms with Crippen LogP contribution in [-0.2, 0) is 4.79 Å². The fourth-order valence-corrected chi connectivity index (χ4v) is 4.12. The molecule has 0 aliphatic carbocycles. The van der Waals surface area contributed by atoms with Gasteiger partial charge in [0.2, 0.25) is 11.0 Å². The Labute approximate surface area is 171 Å². The van der Waals surface area contributed by atoms with Gasteiger partial charge in [0.25, 0.3) is 5.91 Å². The van der Waals surface area contributed by atoms with E-state index in [4.69, 9.17) is 11.6 Å². The van der Waals surface area contributed by atoms with Gasteiger partial charge in [0.05, 0.1) is 0 Å². The van der Waals surface area contributed by atoms with Crippen LogP contribution >= 0.6 is 22.9 Å². The van der Waals surface area contributed by atoms with E-state index >= 15 is 0 Å². The highest BCUT2D eigenvalue weighted by Gasteiger charge is 2.34. The van der Waals surface area contributed by atoms with Crippen LogP contribution in [0.15, 0.2) is 48.5 Å². The minimum Gasteiger partial charge on any atom is -0.312 e. The molecule has 1 fully saturated rings. The van der Waals surface area contributed by atoms with Crippen LogP contribution in [0.4, 0.5) is 10.8 Å². The number of hydrogen-bond donors (Lipinski definition) is 1. The Balaban J connectivity index is 1.45. The molecule has 1 aliphatic heterocycles. The maximum absolute atomic E-state index is 12.4. The first kappa shape index (κ1) is 18.6. The van der Waals surface area contributed by atoms with Crippen molar-refractivity contribution in [2.24, 2.45) is 0 Å². The quantitative estimate of drug-likeness (QED) is 0.694. The zero-order chi connectivity index (χ0) is 19.7. The summed E-state index contributed by atoms with van der Waals surface area (Å²) in [6, 6.07) is 14.6. The third kappa shape index (κ3) is 3.90. The minimum atomic E-state index is -0.297. The molecule has 3 aromatic rings. The zero-order valence-electron chi connectivity index (χ0n) is 15.1. The van der Waals surface area contributed by atoms with Gasteiger partial charge >= 0.3 is 0 Å². The van der Waals surface area contributed by atoms with Crippen LogP contribution in [0, 0.1) is 6.92 Å². The molecule has 1 atom stereocenters. The van der Waals surface area contributed by atoms with E-state index in [1.807, 2.05) is 31.2 Å². The van der Waals surface area contributed by atoms with Crippen molar-refractivity contribution in [3.05, 3.63) is 69.7 Å². The van der Waals surface area contributed by atoms with Crippen LogP contribution in [0.2, 0.25) is 5.02 Å². The van der Waals surface area contributed by atoms with Crippen molar-refractivity contribution < 1.29 is 9.59 Å². The molecule has 0 bridgehead atoms. The van der Waals surface area contributed by atoms with E-state index in [1.165, 1.54) is 11.3 Å². The number of hydrogen-bond acceptors (Lipinski definition) is 5. The average molecular weight is 413 g/mol. The Morgan fingerprint density at radius 1 is 1.21 bits per heavy atom. The largest absolute Gasteiger partial charge is 0.312 e. The lowest BCUT2D eigenvalue weighted by molar-refractivity contribution is -0.117. The molecule has 2 heterocycles. The Kier molecular flexibility index (Phi) is 5.11. The molecule has 1 aliphatic rings. The second-order valence-corrected chi connectivity index (χ2v) is 8.10. The van der Waals surface area contributed by atoms with Crippen molar-refractivity contribution in [1.82, 2.24) is 10.2 Å². The number of carbonyl (C=O) groups is 2. The van der Waals surface area contributed by atoms with E-state index in [9.17, 15) is 9.59 Å². The van der Waals surface area contributed by atoms with Crippen molar-refractivity contribution in [2.75, 3.05) is 16.8 Å². The molecular formula is C20H17ClN4O2S. The van der Waals surface area contributed by atoms with Gasteiger partial charge in [-0.2, -0.15) is 0 Å². The normalized spacial score (nSPS) is 16.4. The van der Waals surface area contributed by atoms with Gasteiger partial charge < -0.3 is 4.90 Å². The van der Waals surface area contributed by atoms with Crippen molar-refractivity contribution in [3.63, 3.8) is 0 Å². The zero-order valence-corrected chi connectivity index (χ0v) is 16.6. The van der Waals surface area contributed by atoms with Crippen LogP contribution in [-0.4, -0.2) is 28.6 Å². The first-order valence-corrected chi connectivity index (χ1v) is 9.96. The van der Waals surface area contributed by atoms with Gasteiger partial charge in [-0.25, -0.2) is 0 Å². The Morgan fingerprint density at radius 2 is 2.00 bits per heavy atom. The number of carbonyl (C=O) groups excluding carboxylic acids is 2. The highest BCUT2D eigenvalue weighted by molar-refractivity contribution is 7.15. The number of halogens is 1. The highest BCUT2D eigenvalue weighted by Crippen LogP contribution is 2.34. The monoisotopic (exact) mass is 412 g/mol. The molecule has 1 saturated heterocycles. The van der Waals surface area contributed by atoms with Crippen LogP contribution in [0.1, 0.15) is 33.3 Å². The molecule has 0 radical (unpaired) electrons. The molecule has 8 heteroatoms. The van der Waals surface area contributed by atoms with Crippen molar-refractivity contribution in [1.29, 1.82) is 0 Å². The number of amides is 2. The summed E-state index contributed by atoms with van der Waals surface area (Å²) in [4.78, 5) is 26.5. The lowest BCUT2D eigenvalue weighted by atomic mass is 10.1. The molecular weight excluding hydrogens is 396 g/mol. The van der Waals surface area contributed by atoms with Gasteiger partial charge in [0.1, 0.15) is 5.01 Å². The number of anilines is 2. The fourth-order valence-electron chi connectivity index (χ4n) is 3.10. The second-order valence-electron chi connectivity index (χ2n) is 6.65. The number of benzene rings is 2. The summed E-state index contributed by atoms with van der Waals surface area (Å²) in [5.74, 6) is -0.273. The summed E-state index contributed by atoms with van der Waals surface area (Å²) in [5.41, 5.74) is 2.49. The molecule has 1 aromatic heterocycles. The van der Waals surface area contributed by atoms with Crippen molar-refractivity contribution in [2.45, 2.75) is 19.3 Å². The SMILES string of the molecule is Cc1ccc(N2C[C@@H](c3nnc(NC(=O)c4cccc(Cl)c4)s3)CC2=O)cc1. The lowest BCUT2D eigenvalue weighted by Crippen LogP contribution is -2.24. The lowest BCUT2D eigenvalue weighted by Gasteiger charge is -2.16. The summed E-state index contributed by atoms with van der Waals surface area (Å²) in [6.07, 6.45) is 0.380. The number of nitrogens with zero attached hydrogens (tertiary/aromatic N) is 3. The number of aryl methyl sites for hydroxylation is 1. The van der Waals surface area contributed by atoms with E-state index < -0.39 is 0 Å². The molecule has 0 spiro atoms. The molecule has 2 aromatic carbocycles. The van der Waals surface area contributed by atoms with E-state index in [-0.39, 0.29) is 17.7 Å². The van der Waals surface area contributed by atoms with Crippen molar-refractivity contribution in [3.8, 4) is 0 Å². The molecule has 0 unspecified atom stereocenters. The average Bonchev–Trinajstić information content (AvgIpc) is 3.29. The summed E-state index contributed by atoms with van der Waals surface area (Å²) in [7, 11) is 0. The Bertz CT molecular complexity index is 1030. The molecule has 1 N–H and O–H groups in total. The number of nitrogens with one attached hydrogen (secondary N) is 1. The molecule has 0 saturated carbocycles. The van der Waals surface area contributed by atoms with Crippen LogP contribution in [0.3, 0.4) is 0 Å². The molecule has 6 nitrogen and oxygen atoms in total. The highest BCUT2D eigenvalue weighted by atomic mass is 35.5. The van der Waals surface area contributed by atoms with E-state index in [2.05, 4.69) is 15.5 Å². The Hall–Kier alpha value is -2.77. The van der Waals surface area contributed by atoms with E-state index in [1.54, 1.807) is 29.2 Å². The van der Waals surface area contributed by atoms with Gasteiger partial charge in [0, 0.05) is 35.2 Å². The smallest absolute Gasteiger partial charge is 0.257 e. The third-order valence-corrected chi connectivity index (χ3v) is 5.80. The maximum atomic E-state index is 12.4. The molecule has 142 valence electrons. The van der Waals surface area contributed by atoms with Gasteiger partial charge in [-0.3, -0.25) is 14.9 Å². The number of aromatic nitrogens is 2. The van der Waals surface area contributed by atoms with E-state index in [0.29, 0.717) is 28.7 Å². The standard InChI is InChI=1S/C20H17ClN4O2S/c1-12-5-7-16(8-6-12)25-11-14(10-17(25)26)19-23-24-20(28-19)22-18(27)13-3-2-4-15(21)9-13/h2-9,14H,10-11H2,1H3,(H,22,24,27)/t14-/m0/s1. The van der Waals surface area contributed by atoms with Crippen molar-refractivity contribution >= 4 is 45.6 Å². The molecule has 28 heavy (non-hydrogen) atoms. The fraction of sp³-hybridized carbons (Fsp3) is 0.200. The summed E-state index contributed by atoms with van der Waals surface area (Å²) in [6.45, 7) is 2.57. The molecule has 2 amide bonds. The second kappa shape index (κ2) is 7.69. The summed E-state index contributed by atoms with van der Waals surface area (Å²) < 4.78 is 0. The van der Waals surface area contributed by atoms with Gasteiger partial charge in [-0.1, -0.05) is 46.7 Å². The summed E-state index contributed by atoms with van der Waals surface area (Å²) in [5, 5.41) is 12.6. The first-order valence-electron chi connectivity index (χ1n) is 8.77. The van der Waals surface area contributed by atoms with Gasteiger partial charge in [0.15, 0.2) is 0 Å². The minimum absolute atomic E-state index is 0.0388. The van der Waals surface area contributed by atoms with Crippen LogP contribution in [0.5, 0.6) is 0 Å². The number of rotatable bonds is 4. The predicted octanol–water partition coefficient (Wildman–Crippen LogP) is 4.27. The topological polar surface area (TPSA) is 75.2 Å². The first-order chi connectivity index (χ1) is 13.5. The van der Waals surface area contributed by atoms with Crippen LogP contribution in [0.25, 0.3) is 0 Å². The molecule has 4 rings (SSSR count). The van der Waals surface area contributed by atoms with Gasteiger partial charge in [-0.15, -0.1) is 10.2 Å². The predicted molar refractivity (Wildman–Crippen MR) is 110 cm³/mol. The van der Waals surface area contributed by atoms with Gasteiger partial charge in [-0.05, 0) is 37.3 Å². The summed E-state index contributed by atoms with van der Waals surface area (Å²) >= 11 is 7.22. The Morgan fingerprint density at radius 3 is 2.75 bits per heavy atom.